The first-order chi connectivity index (χ1) is 12.8. The molecular weight excluding hydrogens is 322 g/mol. The molecule has 0 saturated carbocycles. The summed E-state index contributed by atoms with van der Waals surface area (Å²) in [6.45, 7) is 0.442. The van der Waals surface area contributed by atoms with Crippen LogP contribution in [0.15, 0.2) is 85.3 Å². The quantitative estimate of drug-likeness (QED) is 0.605. The Morgan fingerprint density at radius 3 is 2.69 bits per heavy atom. The molecule has 4 aromatic rings. The largest absolute Gasteiger partial charge is 0.348 e. The van der Waals surface area contributed by atoms with Crippen molar-refractivity contribution in [2.24, 2.45) is 0 Å². The van der Waals surface area contributed by atoms with E-state index in [1.165, 1.54) is 0 Å². The van der Waals surface area contributed by atoms with E-state index in [1.807, 2.05) is 66.7 Å². The summed E-state index contributed by atoms with van der Waals surface area (Å²) in [7, 11) is 0. The first-order valence-corrected chi connectivity index (χ1v) is 8.42. The number of aromatic nitrogens is 2. The zero-order valence-electron chi connectivity index (χ0n) is 14.1. The van der Waals surface area contributed by atoms with E-state index in [1.54, 1.807) is 18.6 Å². The van der Waals surface area contributed by atoms with Gasteiger partial charge in [0.2, 0.25) is 0 Å². The Morgan fingerprint density at radius 1 is 0.923 bits per heavy atom. The van der Waals surface area contributed by atoms with Crippen LogP contribution in [0.4, 0.5) is 0 Å². The van der Waals surface area contributed by atoms with Gasteiger partial charge in [0.15, 0.2) is 0 Å². The lowest BCUT2D eigenvalue weighted by atomic mass is 10.0. The highest BCUT2D eigenvalue weighted by molar-refractivity contribution is 6.06. The summed E-state index contributed by atoms with van der Waals surface area (Å²) in [6.07, 6.45) is 5.26. The zero-order valence-corrected chi connectivity index (χ0v) is 14.1. The van der Waals surface area contributed by atoms with Gasteiger partial charge in [0, 0.05) is 36.3 Å². The van der Waals surface area contributed by atoms with Crippen molar-refractivity contribution in [2.45, 2.75) is 6.54 Å². The molecule has 0 aliphatic carbocycles. The first-order valence-electron chi connectivity index (χ1n) is 8.42. The smallest absolute Gasteiger partial charge is 0.252 e. The number of rotatable bonds is 4. The number of amides is 1. The first kappa shape index (κ1) is 16.0. The van der Waals surface area contributed by atoms with Gasteiger partial charge in [-0.15, -0.1) is 0 Å². The van der Waals surface area contributed by atoms with Crippen molar-refractivity contribution < 1.29 is 4.79 Å². The van der Waals surface area contributed by atoms with Gasteiger partial charge in [0.1, 0.15) is 0 Å². The molecule has 2 heterocycles. The predicted octanol–water partition coefficient (Wildman–Crippen LogP) is 4.23. The SMILES string of the molecule is O=C(NCc1ccnc(-c2cccnc2)c1)c1cccc2ccccc12. The monoisotopic (exact) mass is 339 g/mol. The van der Waals surface area contributed by atoms with Crippen LogP contribution in [0.3, 0.4) is 0 Å². The molecule has 4 nitrogen and oxygen atoms in total. The summed E-state index contributed by atoms with van der Waals surface area (Å²) in [5.74, 6) is -0.0819. The Morgan fingerprint density at radius 2 is 1.81 bits per heavy atom. The molecule has 2 aromatic heterocycles. The van der Waals surface area contributed by atoms with Crippen molar-refractivity contribution in [3.63, 3.8) is 0 Å². The molecule has 0 aliphatic rings. The van der Waals surface area contributed by atoms with E-state index < -0.39 is 0 Å². The third-order valence-electron chi connectivity index (χ3n) is 4.27. The van der Waals surface area contributed by atoms with E-state index in [2.05, 4.69) is 15.3 Å². The van der Waals surface area contributed by atoms with E-state index in [-0.39, 0.29) is 5.91 Å². The molecule has 0 saturated heterocycles. The van der Waals surface area contributed by atoms with Gasteiger partial charge in [-0.3, -0.25) is 14.8 Å². The van der Waals surface area contributed by atoms with Gasteiger partial charge in [-0.1, -0.05) is 36.4 Å². The highest BCUT2D eigenvalue weighted by Gasteiger charge is 2.09. The van der Waals surface area contributed by atoms with Crippen molar-refractivity contribution in [1.29, 1.82) is 0 Å². The molecule has 126 valence electrons. The molecule has 0 bridgehead atoms. The van der Waals surface area contributed by atoms with Crippen LogP contribution in [0.1, 0.15) is 15.9 Å². The number of nitrogens with zero attached hydrogens (tertiary/aromatic N) is 2. The molecule has 0 fully saturated rings. The Bertz CT molecular complexity index is 1060. The topological polar surface area (TPSA) is 54.9 Å². The van der Waals surface area contributed by atoms with Crippen LogP contribution in [-0.2, 0) is 6.54 Å². The van der Waals surface area contributed by atoms with E-state index >= 15 is 0 Å². The molecule has 0 atom stereocenters. The lowest BCUT2D eigenvalue weighted by Crippen LogP contribution is -2.23. The lowest BCUT2D eigenvalue weighted by Gasteiger charge is -2.09. The summed E-state index contributed by atoms with van der Waals surface area (Å²) in [5.41, 5.74) is 3.47. The fourth-order valence-electron chi connectivity index (χ4n) is 2.96. The van der Waals surface area contributed by atoms with Crippen LogP contribution in [0.25, 0.3) is 22.0 Å². The van der Waals surface area contributed by atoms with E-state index in [0.717, 1.165) is 27.6 Å². The highest BCUT2D eigenvalue weighted by Crippen LogP contribution is 2.19. The summed E-state index contributed by atoms with van der Waals surface area (Å²) in [4.78, 5) is 21.2. The molecule has 4 rings (SSSR count). The second kappa shape index (κ2) is 7.15. The van der Waals surface area contributed by atoms with Gasteiger partial charge in [0.25, 0.3) is 5.91 Å². The van der Waals surface area contributed by atoms with Crippen molar-refractivity contribution in [3.8, 4) is 11.3 Å². The van der Waals surface area contributed by atoms with Crippen LogP contribution in [0, 0.1) is 0 Å². The predicted molar refractivity (Wildman–Crippen MR) is 103 cm³/mol. The van der Waals surface area contributed by atoms with Gasteiger partial charge in [-0.25, -0.2) is 0 Å². The van der Waals surface area contributed by atoms with Crippen LogP contribution in [-0.4, -0.2) is 15.9 Å². The van der Waals surface area contributed by atoms with Crippen LogP contribution < -0.4 is 5.32 Å². The second-order valence-corrected chi connectivity index (χ2v) is 6.00. The van der Waals surface area contributed by atoms with E-state index in [4.69, 9.17) is 0 Å². The molecule has 4 heteroatoms. The number of carbonyl (C=O) groups excluding carboxylic acids is 1. The second-order valence-electron chi connectivity index (χ2n) is 6.00. The average Bonchev–Trinajstić information content (AvgIpc) is 2.72. The van der Waals surface area contributed by atoms with Crippen LogP contribution >= 0.6 is 0 Å². The molecule has 2 aromatic carbocycles. The highest BCUT2D eigenvalue weighted by atomic mass is 16.1. The Kier molecular flexibility index (Phi) is 4.39. The molecular formula is C22H17N3O. The van der Waals surface area contributed by atoms with Crippen molar-refractivity contribution >= 4 is 16.7 Å². The number of hydrogen-bond donors (Lipinski definition) is 1. The van der Waals surface area contributed by atoms with Gasteiger partial charge >= 0.3 is 0 Å². The average molecular weight is 339 g/mol. The molecule has 1 amide bonds. The minimum atomic E-state index is -0.0819. The molecule has 1 N–H and O–H groups in total. The van der Waals surface area contributed by atoms with Crippen molar-refractivity contribution in [2.75, 3.05) is 0 Å². The number of carbonyl (C=O) groups is 1. The summed E-state index contributed by atoms with van der Waals surface area (Å²) < 4.78 is 0. The van der Waals surface area contributed by atoms with Crippen molar-refractivity contribution in [1.82, 2.24) is 15.3 Å². The minimum Gasteiger partial charge on any atom is -0.348 e. The lowest BCUT2D eigenvalue weighted by molar-refractivity contribution is 0.0952. The Hall–Kier alpha value is -3.53. The number of hydrogen-bond acceptors (Lipinski definition) is 3. The standard InChI is InChI=1S/C22H17N3O/c26-22(20-9-3-6-17-5-1-2-8-19(17)20)25-14-16-10-12-24-21(13-16)18-7-4-11-23-15-18/h1-13,15H,14H2,(H,25,26). The third kappa shape index (κ3) is 3.30. The van der Waals surface area contributed by atoms with Gasteiger partial charge < -0.3 is 5.32 Å². The fourth-order valence-corrected chi connectivity index (χ4v) is 2.96. The Labute approximate surface area is 151 Å². The molecule has 0 aliphatic heterocycles. The maximum Gasteiger partial charge on any atom is 0.252 e. The van der Waals surface area contributed by atoms with Gasteiger partial charge in [-0.05, 0) is 46.7 Å². The molecule has 0 spiro atoms. The normalized spacial score (nSPS) is 10.6. The van der Waals surface area contributed by atoms with E-state index in [0.29, 0.717) is 12.1 Å². The van der Waals surface area contributed by atoms with Crippen LogP contribution in [0.2, 0.25) is 0 Å². The van der Waals surface area contributed by atoms with Crippen molar-refractivity contribution in [3.05, 3.63) is 96.4 Å². The van der Waals surface area contributed by atoms with E-state index in [9.17, 15) is 4.79 Å². The number of fused-ring (bicyclic) bond motifs is 1. The molecule has 26 heavy (non-hydrogen) atoms. The Balaban J connectivity index is 1.53. The minimum absolute atomic E-state index is 0.0819. The maximum atomic E-state index is 12.7. The summed E-state index contributed by atoms with van der Waals surface area (Å²) >= 11 is 0. The number of nitrogens with one attached hydrogen (secondary N) is 1. The summed E-state index contributed by atoms with van der Waals surface area (Å²) in [6, 6.07) is 21.4. The van der Waals surface area contributed by atoms with Gasteiger partial charge in [-0.2, -0.15) is 0 Å². The van der Waals surface area contributed by atoms with Gasteiger partial charge in [0.05, 0.1) is 5.69 Å². The fraction of sp³-hybridized carbons (Fsp3) is 0.0455. The third-order valence-corrected chi connectivity index (χ3v) is 4.27. The summed E-state index contributed by atoms with van der Waals surface area (Å²) in [5, 5.41) is 5.02. The molecule has 0 unspecified atom stereocenters. The van der Waals surface area contributed by atoms with Crippen LogP contribution in [0.5, 0.6) is 0 Å². The maximum absolute atomic E-state index is 12.7. The zero-order chi connectivity index (χ0) is 17.8. The number of benzene rings is 2. The molecule has 0 radical (unpaired) electrons. The number of pyridine rings is 2.